The molecule has 28 heavy (non-hydrogen) atoms. The fourth-order valence-corrected chi connectivity index (χ4v) is 3.51. The van der Waals surface area contributed by atoms with Crippen molar-refractivity contribution in [1.29, 1.82) is 0 Å². The van der Waals surface area contributed by atoms with Crippen LogP contribution in [0.2, 0.25) is 0 Å². The molecular weight excluding hydrogens is 414 g/mol. The minimum Gasteiger partial charge on any atom is -0.318 e. The maximum atomic E-state index is 12.1. The molecule has 3 rings (SSSR count). The zero-order valence-corrected chi connectivity index (χ0v) is 18.2. The second kappa shape index (κ2) is 8.57. The van der Waals surface area contributed by atoms with Gasteiger partial charge in [-0.2, -0.15) is 5.10 Å². The molecule has 0 spiro atoms. The van der Waals surface area contributed by atoms with E-state index in [1.807, 2.05) is 31.2 Å². The predicted molar refractivity (Wildman–Crippen MR) is 118 cm³/mol. The SMILES string of the molecule is Cc1ccc(CC(=O)N/N=C/c2cc(C)n(-c3ccc(C)c(Br)c3)c2C)cc1. The van der Waals surface area contributed by atoms with Crippen LogP contribution >= 0.6 is 15.9 Å². The molecule has 0 aliphatic rings. The summed E-state index contributed by atoms with van der Waals surface area (Å²) in [5.74, 6) is -0.128. The van der Waals surface area contributed by atoms with Crippen molar-refractivity contribution in [2.45, 2.75) is 34.1 Å². The maximum absolute atomic E-state index is 12.1. The van der Waals surface area contributed by atoms with E-state index >= 15 is 0 Å². The fourth-order valence-electron chi connectivity index (χ4n) is 3.14. The lowest BCUT2D eigenvalue weighted by Crippen LogP contribution is -2.19. The van der Waals surface area contributed by atoms with Crippen molar-refractivity contribution in [2.75, 3.05) is 0 Å². The lowest BCUT2D eigenvalue weighted by Gasteiger charge is -2.11. The second-order valence-corrected chi connectivity index (χ2v) is 7.91. The average molecular weight is 438 g/mol. The number of hydrogen-bond acceptors (Lipinski definition) is 2. The molecule has 0 saturated heterocycles. The summed E-state index contributed by atoms with van der Waals surface area (Å²) in [5, 5.41) is 4.15. The Bertz CT molecular complexity index is 1030. The second-order valence-electron chi connectivity index (χ2n) is 7.05. The van der Waals surface area contributed by atoms with Crippen LogP contribution in [0.3, 0.4) is 0 Å². The van der Waals surface area contributed by atoms with E-state index in [4.69, 9.17) is 0 Å². The lowest BCUT2D eigenvalue weighted by atomic mass is 10.1. The van der Waals surface area contributed by atoms with E-state index in [0.717, 1.165) is 32.7 Å². The molecule has 0 bridgehead atoms. The largest absolute Gasteiger partial charge is 0.318 e. The third-order valence-corrected chi connectivity index (χ3v) is 5.62. The van der Waals surface area contributed by atoms with E-state index in [2.05, 4.69) is 76.1 Å². The summed E-state index contributed by atoms with van der Waals surface area (Å²) in [6.45, 7) is 8.21. The first-order valence-corrected chi connectivity index (χ1v) is 9.97. The van der Waals surface area contributed by atoms with Crippen molar-refractivity contribution in [3.63, 3.8) is 0 Å². The van der Waals surface area contributed by atoms with Gasteiger partial charge in [0.1, 0.15) is 0 Å². The van der Waals surface area contributed by atoms with Crippen LogP contribution in [0.5, 0.6) is 0 Å². The first-order valence-electron chi connectivity index (χ1n) is 9.18. The van der Waals surface area contributed by atoms with Gasteiger partial charge in [0.2, 0.25) is 5.91 Å². The van der Waals surface area contributed by atoms with Crippen LogP contribution in [-0.4, -0.2) is 16.7 Å². The number of hydrazone groups is 1. The quantitative estimate of drug-likeness (QED) is 0.434. The zero-order chi connectivity index (χ0) is 20.3. The Hall–Kier alpha value is -2.66. The van der Waals surface area contributed by atoms with Crippen molar-refractivity contribution >= 4 is 28.1 Å². The van der Waals surface area contributed by atoms with E-state index in [1.165, 1.54) is 11.1 Å². The van der Waals surface area contributed by atoms with Gasteiger partial charge >= 0.3 is 0 Å². The van der Waals surface area contributed by atoms with E-state index in [1.54, 1.807) is 6.21 Å². The van der Waals surface area contributed by atoms with Crippen LogP contribution in [-0.2, 0) is 11.2 Å². The molecule has 0 aliphatic heterocycles. The van der Waals surface area contributed by atoms with E-state index in [0.29, 0.717) is 6.42 Å². The highest BCUT2D eigenvalue weighted by molar-refractivity contribution is 9.10. The smallest absolute Gasteiger partial charge is 0.244 e. The highest BCUT2D eigenvalue weighted by Gasteiger charge is 2.10. The number of benzene rings is 2. The Morgan fingerprint density at radius 1 is 1.07 bits per heavy atom. The number of hydrogen-bond donors (Lipinski definition) is 1. The molecule has 0 fully saturated rings. The Labute approximate surface area is 174 Å². The number of carbonyl (C=O) groups is 1. The highest BCUT2D eigenvalue weighted by Crippen LogP contribution is 2.24. The van der Waals surface area contributed by atoms with Crippen molar-refractivity contribution in [3.05, 3.63) is 86.6 Å². The number of carbonyl (C=O) groups excluding carboxylic acids is 1. The molecule has 4 nitrogen and oxygen atoms in total. The van der Waals surface area contributed by atoms with Gasteiger partial charge in [-0.15, -0.1) is 0 Å². The topological polar surface area (TPSA) is 46.4 Å². The summed E-state index contributed by atoms with van der Waals surface area (Å²) in [7, 11) is 0. The monoisotopic (exact) mass is 437 g/mol. The van der Waals surface area contributed by atoms with Gasteiger partial charge in [0.15, 0.2) is 0 Å². The molecule has 0 aliphatic carbocycles. The van der Waals surface area contributed by atoms with Crippen molar-refractivity contribution in [3.8, 4) is 5.69 Å². The molecule has 0 radical (unpaired) electrons. The number of halogens is 1. The van der Waals surface area contributed by atoms with Crippen LogP contribution in [0.25, 0.3) is 5.69 Å². The summed E-state index contributed by atoms with van der Waals surface area (Å²) in [4.78, 5) is 12.1. The maximum Gasteiger partial charge on any atom is 0.244 e. The summed E-state index contributed by atoms with van der Waals surface area (Å²) >= 11 is 3.60. The van der Waals surface area contributed by atoms with Gasteiger partial charge < -0.3 is 4.57 Å². The molecular formula is C23H24BrN3O. The molecule has 0 unspecified atom stereocenters. The van der Waals surface area contributed by atoms with Crippen molar-refractivity contribution < 1.29 is 4.79 Å². The third-order valence-electron chi connectivity index (χ3n) is 4.76. The van der Waals surface area contributed by atoms with E-state index < -0.39 is 0 Å². The van der Waals surface area contributed by atoms with E-state index in [9.17, 15) is 4.79 Å². The summed E-state index contributed by atoms with van der Waals surface area (Å²) in [6.07, 6.45) is 2.02. The molecule has 144 valence electrons. The Balaban J connectivity index is 1.71. The van der Waals surface area contributed by atoms with Gasteiger partial charge in [-0.3, -0.25) is 4.79 Å². The first-order chi connectivity index (χ1) is 13.3. The molecule has 0 saturated carbocycles. The Morgan fingerprint density at radius 3 is 2.46 bits per heavy atom. The minimum absolute atomic E-state index is 0.128. The van der Waals surface area contributed by atoms with Crippen LogP contribution in [0.4, 0.5) is 0 Å². The standard InChI is InChI=1S/C23H24BrN3O/c1-15-5-8-19(9-6-15)12-23(28)26-25-14-20-11-17(3)27(18(20)4)21-10-7-16(2)22(24)13-21/h5-11,13-14H,12H2,1-4H3,(H,26,28)/b25-14+. The Morgan fingerprint density at radius 2 is 1.79 bits per heavy atom. The van der Waals surface area contributed by atoms with Gasteiger partial charge in [-0.05, 0) is 57.0 Å². The lowest BCUT2D eigenvalue weighted by molar-refractivity contribution is -0.120. The van der Waals surface area contributed by atoms with Crippen molar-refractivity contribution in [2.24, 2.45) is 5.10 Å². The Kier molecular flexibility index (Phi) is 6.15. The fraction of sp³-hybridized carbons (Fsp3) is 0.217. The van der Waals surface area contributed by atoms with E-state index in [-0.39, 0.29) is 5.91 Å². The molecule has 1 N–H and O–H groups in total. The molecule has 5 heteroatoms. The van der Waals surface area contributed by atoms with Crippen LogP contribution < -0.4 is 5.43 Å². The summed E-state index contributed by atoms with van der Waals surface area (Å²) in [6, 6.07) is 16.3. The minimum atomic E-state index is -0.128. The molecule has 0 atom stereocenters. The van der Waals surface area contributed by atoms with Gasteiger partial charge in [-0.1, -0.05) is 51.8 Å². The highest BCUT2D eigenvalue weighted by atomic mass is 79.9. The average Bonchev–Trinajstić information content (AvgIpc) is 2.93. The number of aromatic nitrogens is 1. The molecule has 3 aromatic rings. The number of rotatable bonds is 5. The number of nitrogens with one attached hydrogen (secondary N) is 1. The van der Waals surface area contributed by atoms with Gasteiger partial charge in [-0.25, -0.2) is 5.43 Å². The first kappa shape index (κ1) is 20.1. The predicted octanol–water partition coefficient (Wildman–Crippen LogP) is 5.17. The van der Waals surface area contributed by atoms with Crippen LogP contribution in [0.1, 0.15) is 33.6 Å². The molecule has 1 amide bonds. The molecule has 1 heterocycles. The van der Waals surface area contributed by atoms with Crippen LogP contribution in [0, 0.1) is 27.7 Å². The summed E-state index contributed by atoms with van der Waals surface area (Å²) < 4.78 is 3.26. The molecule has 1 aromatic heterocycles. The number of nitrogens with zero attached hydrogens (tertiary/aromatic N) is 2. The van der Waals surface area contributed by atoms with Gasteiger partial charge in [0.05, 0.1) is 12.6 Å². The number of aryl methyl sites for hydroxylation is 3. The zero-order valence-electron chi connectivity index (χ0n) is 16.6. The number of amides is 1. The van der Waals surface area contributed by atoms with Crippen molar-refractivity contribution in [1.82, 2.24) is 9.99 Å². The van der Waals surface area contributed by atoms with Crippen LogP contribution in [0.15, 0.2) is 58.1 Å². The summed E-state index contributed by atoms with van der Waals surface area (Å²) in [5.41, 5.74) is 10.2. The normalized spacial score (nSPS) is 11.2. The molecule has 2 aromatic carbocycles. The third kappa shape index (κ3) is 4.60. The van der Waals surface area contributed by atoms with Gasteiger partial charge in [0, 0.05) is 27.1 Å². The van der Waals surface area contributed by atoms with Gasteiger partial charge in [0.25, 0.3) is 0 Å².